The highest BCUT2D eigenvalue weighted by atomic mass is 16.2. The third kappa shape index (κ3) is 6.79. The number of hydrogen-bond acceptors (Lipinski definition) is 4. The van der Waals surface area contributed by atoms with Gasteiger partial charge in [-0.15, -0.1) is 0 Å². The number of amides is 2. The molecule has 0 spiro atoms. The first-order valence-corrected chi connectivity index (χ1v) is 14.1. The Labute approximate surface area is 221 Å². The minimum absolute atomic E-state index is 0.0320. The van der Waals surface area contributed by atoms with Crippen LogP contribution >= 0.6 is 0 Å². The molecule has 4 rings (SSSR count). The van der Waals surface area contributed by atoms with Gasteiger partial charge in [-0.05, 0) is 41.9 Å². The van der Waals surface area contributed by atoms with Crippen molar-refractivity contribution < 1.29 is 9.59 Å². The molecule has 1 fully saturated rings. The second-order valence-electron chi connectivity index (χ2n) is 10.7. The maximum atomic E-state index is 14.0. The number of nitrogens with zero attached hydrogens (tertiary/aromatic N) is 2. The molecule has 6 heteroatoms. The molecule has 3 N–H and O–H groups in total. The van der Waals surface area contributed by atoms with Crippen LogP contribution in [0, 0.1) is 5.92 Å². The maximum absolute atomic E-state index is 14.0. The molecular formula is C31H42N4O2. The van der Waals surface area contributed by atoms with Gasteiger partial charge in [0.25, 0.3) is 5.91 Å². The van der Waals surface area contributed by atoms with Crippen LogP contribution in [0.3, 0.4) is 0 Å². The summed E-state index contributed by atoms with van der Waals surface area (Å²) in [6, 6.07) is 17.9. The Hall–Kier alpha value is -3.15. The zero-order valence-electron chi connectivity index (χ0n) is 22.3. The van der Waals surface area contributed by atoms with Gasteiger partial charge in [0.05, 0.1) is 6.54 Å². The van der Waals surface area contributed by atoms with E-state index in [4.69, 9.17) is 10.7 Å². The van der Waals surface area contributed by atoms with E-state index in [0.29, 0.717) is 37.8 Å². The molecule has 1 saturated carbocycles. The third-order valence-corrected chi connectivity index (χ3v) is 7.93. The summed E-state index contributed by atoms with van der Waals surface area (Å²) in [4.78, 5) is 32.5. The Morgan fingerprint density at radius 3 is 2.43 bits per heavy atom. The van der Waals surface area contributed by atoms with Gasteiger partial charge in [-0.2, -0.15) is 0 Å². The number of nitrogens with one attached hydrogen (secondary N) is 1. The van der Waals surface area contributed by atoms with E-state index in [1.807, 2.05) is 54.6 Å². The molecule has 0 radical (unpaired) electrons. The summed E-state index contributed by atoms with van der Waals surface area (Å²) in [5.74, 6) is 1.01. The number of benzene rings is 2. The molecule has 1 heterocycles. The molecule has 2 aliphatic rings. The third-order valence-electron chi connectivity index (χ3n) is 7.93. The van der Waals surface area contributed by atoms with E-state index in [1.165, 1.54) is 32.1 Å². The Morgan fingerprint density at radius 1 is 1.03 bits per heavy atom. The van der Waals surface area contributed by atoms with Crippen LogP contribution in [0.5, 0.6) is 0 Å². The van der Waals surface area contributed by atoms with Crippen molar-refractivity contribution in [2.75, 3.05) is 0 Å². The molecular weight excluding hydrogens is 460 g/mol. The first kappa shape index (κ1) is 26.9. The largest absolute Gasteiger partial charge is 0.369 e. The first-order valence-electron chi connectivity index (χ1n) is 14.1. The van der Waals surface area contributed by atoms with Gasteiger partial charge < -0.3 is 11.1 Å². The van der Waals surface area contributed by atoms with Gasteiger partial charge in [-0.1, -0.05) is 106 Å². The highest BCUT2D eigenvalue weighted by Crippen LogP contribution is 2.40. The number of nitrogens with two attached hydrogens (primary N) is 1. The van der Waals surface area contributed by atoms with Crippen molar-refractivity contribution in [3.05, 3.63) is 71.3 Å². The lowest BCUT2D eigenvalue weighted by Crippen LogP contribution is -2.42. The van der Waals surface area contributed by atoms with Gasteiger partial charge in [-0.25, -0.2) is 4.99 Å². The van der Waals surface area contributed by atoms with Crippen molar-refractivity contribution in [3.63, 3.8) is 0 Å². The van der Waals surface area contributed by atoms with Crippen LogP contribution in [0.1, 0.15) is 94.2 Å². The number of carbonyl (C=O) groups excluding carboxylic acids is 2. The van der Waals surface area contributed by atoms with Crippen LogP contribution in [0.15, 0.2) is 59.6 Å². The Balaban J connectivity index is 1.41. The van der Waals surface area contributed by atoms with E-state index in [0.717, 1.165) is 42.4 Å². The molecule has 198 valence electrons. The summed E-state index contributed by atoms with van der Waals surface area (Å²) in [5.41, 5.74) is 8.41. The average molecular weight is 503 g/mol. The second-order valence-corrected chi connectivity index (χ2v) is 10.7. The maximum Gasteiger partial charge on any atom is 0.262 e. The molecule has 1 unspecified atom stereocenters. The predicted molar refractivity (Wildman–Crippen MR) is 149 cm³/mol. The molecule has 0 aromatic heterocycles. The van der Waals surface area contributed by atoms with Gasteiger partial charge in [0.15, 0.2) is 11.5 Å². The topological polar surface area (TPSA) is 87.8 Å². The molecule has 37 heavy (non-hydrogen) atoms. The molecule has 1 aliphatic carbocycles. The zero-order chi connectivity index (χ0) is 26.1. The zero-order valence-corrected chi connectivity index (χ0v) is 22.3. The fraction of sp³-hybridized carbons (Fsp3) is 0.516. The van der Waals surface area contributed by atoms with Crippen molar-refractivity contribution >= 4 is 17.8 Å². The quantitative estimate of drug-likeness (QED) is 0.360. The summed E-state index contributed by atoms with van der Waals surface area (Å²) < 4.78 is 0. The van der Waals surface area contributed by atoms with E-state index < -0.39 is 5.54 Å². The predicted octanol–water partition coefficient (Wildman–Crippen LogP) is 5.80. The molecule has 1 aliphatic heterocycles. The van der Waals surface area contributed by atoms with Crippen LogP contribution in [0.25, 0.3) is 0 Å². The fourth-order valence-corrected chi connectivity index (χ4v) is 5.65. The van der Waals surface area contributed by atoms with Gasteiger partial charge in [0.1, 0.15) is 0 Å². The highest BCUT2D eigenvalue weighted by Gasteiger charge is 2.48. The van der Waals surface area contributed by atoms with E-state index >= 15 is 0 Å². The van der Waals surface area contributed by atoms with E-state index in [2.05, 4.69) is 12.2 Å². The van der Waals surface area contributed by atoms with E-state index in [-0.39, 0.29) is 11.8 Å². The molecule has 2 amide bonds. The van der Waals surface area contributed by atoms with Crippen molar-refractivity contribution in [2.45, 2.75) is 96.2 Å². The van der Waals surface area contributed by atoms with Crippen LogP contribution in [-0.4, -0.2) is 22.7 Å². The van der Waals surface area contributed by atoms with Crippen molar-refractivity contribution in [3.8, 4) is 0 Å². The second kappa shape index (κ2) is 12.9. The molecule has 1 atom stereocenters. The SMILES string of the molecule is CCCCCC(=O)NCc1ccc(CN2C(=O)C(CCC3CCCCC3)(c3ccccc3)N=C2N)cc1. The number of carbonyl (C=O) groups is 2. The van der Waals surface area contributed by atoms with Crippen LogP contribution in [0.4, 0.5) is 0 Å². The lowest BCUT2D eigenvalue weighted by molar-refractivity contribution is -0.132. The normalized spacial score (nSPS) is 20.2. The van der Waals surface area contributed by atoms with Crippen LogP contribution < -0.4 is 11.1 Å². The number of aliphatic imine (C=N–C) groups is 1. The van der Waals surface area contributed by atoms with Gasteiger partial charge in [0.2, 0.25) is 5.91 Å². The minimum atomic E-state index is -0.940. The lowest BCUT2D eigenvalue weighted by atomic mass is 9.79. The summed E-state index contributed by atoms with van der Waals surface area (Å²) in [6.07, 6.45) is 11.7. The highest BCUT2D eigenvalue weighted by molar-refractivity contribution is 6.07. The summed E-state index contributed by atoms with van der Waals surface area (Å²) in [5, 5.41) is 2.99. The summed E-state index contributed by atoms with van der Waals surface area (Å²) in [7, 11) is 0. The minimum Gasteiger partial charge on any atom is -0.369 e. The summed E-state index contributed by atoms with van der Waals surface area (Å²) in [6.45, 7) is 3.03. The monoisotopic (exact) mass is 502 g/mol. The van der Waals surface area contributed by atoms with Gasteiger partial charge in [0, 0.05) is 13.0 Å². The van der Waals surface area contributed by atoms with Crippen LogP contribution in [-0.2, 0) is 28.2 Å². The van der Waals surface area contributed by atoms with Crippen molar-refractivity contribution in [1.29, 1.82) is 0 Å². The Morgan fingerprint density at radius 2 is 1.73 bits per heavy atom. The van der Waals surface area contributed by atoms with Gasteiger partial charge in [-0.3, -0.25) is 14.5 Å². The van der Waals surface area contributed by atoms with E-state index in [1.54, 1.807) is 4.90 Å². The van der Waals surface area contributed by atoms with Crippen LogP contribution in [0.2, 0.25) is 0 Å². The molecule has 0 saturated heterocycles. The van der Waals surface area contributed by atoms with E-state index in [9.17, 15) is 9.59 Å². The lowest BCUT2D eigenvalue weighted by Gasteiger charge is -2.29. The molecule has 6 nitrogen and oxygen atoms in total. The van der Waals surface area contributed by atoms with Crippen molar-refractivity contribution in [1.82, 2.24) is 10.2 Å². The molecule has 2 aromatic rings. The standard InChI is InChI=1S/C31H42N4O2/c1-2-3-6-15-28(36)33-22-25-16-18-26(19-17-25)23-35-29(37)31(34-30(35)32,27-13-9-5-10-14-27)21-20-24-11-7-4-8-12-24/h5,9-10,13-14,16-19,24H,2-4,6-8,11-12,15,20-23H2,1H3,(H2,32,34)(H,33,36). The molecule has 0 bridgehead atoms. The van der Waals surface area contributed by atoms with Gasteiger partial charge >= 0.3 is 0 Å². The number of rotatable bonds is 12. The average Bonchev–Trinajstić information content (AvgIpc) is 3.18. The Bertz CT molecular complexity index is 1060. The van der Waals surface area contributed by atoms with Crippen molar-refractivity contribution in [2.24, 2.45) is 16.6 Å². The smallest absolute Gasteiger partial charge is 0.262 e. The first-order chi connectivity index (χ1) is 18.0. The number of guanidine groups is 1. The molecule has 2 aromatic carbocycles. The number of hydrogen-bond donors (Lipinski definition) is 2. The summed E-state index contributed by atoms with van der Waals surface area (Å²) >= 11 is 0. The number of unbranched alkanes of at least 4 members (excludes halogenated alkanes) is 2. The fourth-order valence-electron chi connectivity index (χ4n) is 5.65. The Kier molecular flexibility index (Phi) is 9.37.